The Hall–Kier alpha value is -1.40. The number of carbonyl (C=O) groups excluding carboxylic acids is 2. The number of nitrogens with one attached hydrogen (secondary N) is 2. The van der Waals surface area contributed by atoms with E-state index in [0.29, 0.717) is 0 Å². The second-order valence-electron chi connectivity index (χ2n) is 3.07. The van der Waals surface area contributed by atoms with E-state index in [1.54, 1.807) is 27.9 Å². The predicted molar refractivity (Wildman–Crippen MR) is 58.4 cm³/mol. The molecule has 6 nitrogen and oxygen atoms in total. The molecule has 0 rings (SSSR count). The van der Waals surface area contributed by atoms with Crippen LogP contribution in [0.2, 0.25) is 0 Å². The maximum absolute atomic E-state index is 11.1. The maximum Gasteiger partial charge on any atom is 0.332 e. The Labute approximate surface area is 95.0 Å². The molecule has 6 heteroatoms. The van der Waals surface area contributed by atoms with E-state index in [0.717, 1.165) is 12.2 Å². The van der Waals surface area contributed by atoms with Gasteiger partial charge in [0.2, 0.25) is 0 Å². The number of rotatable bonds is 6. The van der Waals surface area contributed by atoms with E-state index in [-0.39, 0.29) is 0 Å². The molecule has 0 spiro atoms. The van der Waals surface area contributed by atoms with Gasteiger partial charge in [-0.15, -0.1) is 0 Å². The van der Waals surface area contributed by atoms with Gasteiger partial charge in [0.1, 0.15) is 0 Å². The summed E-state index contributed by atoms with van der Waals surface area (Å²) in [6.45, 7) is 3.35. The first kappa shape index (κ1) is 14.6. The number of ether oxygens (including phenoxy) is 2. The third-order valence-corrected chi connectivity index (χ3v) is 1.75. The fourth-order valence-corrected chi connectivity index (χ4v) is 0.681. The van der Waals surface area contributed by atoms with Gasteiger partial charge >= 0.3 is 11.9 Å². The molecule has 0 aliphatic rings. The molecular formula is C10H18N2O4. The molecular weight excluding hydrogens is 212 g/mol. The van der Waals surface area contributed by atoms with Crippen molar-refractivity contribution in [2.45, 2.75) is 26.3 Å². The minimum atomic E-state index is -0.601. The number of carbonyl (C=O) groups is 2. The number of hydrogen-bond acceptors (Lipinski definition) is 6. The van der Waals surface area contributed by atoms with Crippen LogP contribution in [0.25, 0.3) is 0 Å². The first-order valence-electron chi connectivity index (χ1n) is 4.93. The fourth-order valence-electron chi connectivity index (χ4n) is 0.681. The molecule has 0 radical (unpaired) electrons. The lowest BCUT2D eigenvalue weighted by Crippen LogP contribution is -2.27. The van der Waals surface area contributed by atoms with Crippen molar-refractivity contribution < 1.29 is 19.1 Å². The Bertz CT molecular complexity index is 240. The topological polar surface area (TPSA) is 76.7 Å². The second kappa shape index (κ2) is 7.84. The van der Waals surface area contributed by atoms with E-state index in [4.69, 9.17) is 9.47 Å². The van der Waals surface area contributed by atoms with E-state index in [1.165, 1.54) is 0 Å². The van der Waals surface area contributed by atoms with E-state index in [1.807, 2.05) is 0 Å². The van der Waals surface area contributed by atoms with Gasteiger partial charge in [-0.1, -0.05) is 0 Å². The summed E-state index contributed by atoms with van der Waals surface area (Å²) in [5.41, 5.74) is 0. The van der Waals surface area contributed by atoms with Crippen LogP contribution in [0.1, 0.15) is 13.8 Å². The van der Waals surface area contributed by atoms with Crippen LogP contribution in [0.15, 0.2) is 12.2 Å². The Morgan fingerprint density at radius 3 is 1.50 bits per heavy atom. The Balaban J connectivity index is 3.98. The first-order chi connectivity index (χ1) is 7.49. The molecule has 2 atom stereocenters. The van der Waals surface area contributed by atoms with Gasteiger partial charge in [0.05, 0.1) is 0 Å². The van der Waals surface area contributed by atoms with Crippen molar-refractivity contribution in [2.24, 2.45) is 0 Å². The summed E-state index contributed by atoms with van der Waals surface area (Å²) in [5, 5.41) is 5.44. The molecule has 0 aromatic heterocycles. The molecule has 0 amide bonds. The SMILES string of the molecule is CNC(C)OC(=O)/C=C\C(=O)OC(C)NC. The first-order valence-corrected chi connectivity index (χ1v) is 4.93. The van der Waals surface area contributed by atoms with Crippen LogP contribution in [0.3, 0.4) is 0 Å². The second-order valence-corrected chi connectivity index (χ2v) is 3.07. The van der Waals surface area contributed by atoms with Crippen molar-refractivity contribution in [3.05, 3.63) is 12.2 Å². The van der Waals surface area contributed by atoms with Crippen LogP contribution in [-0.2, 0) is 19.1 Å². The average molecular weight is 230 g/mol. The van der Waals surface area contributed by atoms with Gasteiger partial charge in [0, 0.05) is 12.2 Å². The Morgan fingerprint density at radius 1 is 0.938 bits per heavy atom. The highest BCUT2D eigenvalue weighted by Crippen LogP contribution is 1.91. The highest BCUT2D eigenvalue weighted by atomic mass is 16.6. The quantitative estimate of drug-likeness (QED) is 0.372. The van der Waals surface area contributed by atoms with Crippen molar-refractivity contribution in [3.63, 3.8) is 0 Å². The fraction of sp³-hybridized carbons (Fsp3) is 0.600. The highest BCUT2D eigenvalue weighted by Gasteiger charge is 2.06. The molecule has 0 aliphatic carbocycles. The van der Waals surface area contributed by atoms with Crippen molar-refractivity contribution in [2.75, 3.05) is 14.1 Å². The van der Waals surface area contributed by atoms with Gasteiger partial charge in [-0.25, -0.2) is 9.59 Å². The van der Waals surface area contributed by atoms with Crippen LogP contribution < -0.4 is 10.6 Å². The van der Waals surface area contributed by atoms with E-state index < -0.39 is 24.4 Å². The van der Waals surface area contributed by atoms with Gasteiger partial charge in [-0.2, -0.15) is 0 Å². The minimum absolute atomic E-state index is 0.399. The molecule has 0 aromatic rings. The molecule has 0 fully saturated rings. The Kier molecular flexibility index (Phi) is 7.15. The molecule has 0 heterocycles. The van der Waals surface area contributed by atoms with Gasteiger partial charge in [-0.05, 0) is 27.9 Å². The number of hydrogen-bond donors (Lipinski definition) is 2. The summed E-state index contributed by atoms with van der Waals surface area (Å²) in [5.74, 6) is -1.20. The smallest absolute Gasteiger partial charge is 0.332 e. The predicted octanol–water partition coefficient (Wildman–Crippen LogP) is -0.240. The molecule has 2 N–H and O–H groups in total. The molecule has 0 saturated heterocycles. The van der Waals surface area contributed by atoms with Crippen molar-refractivity contribution in [1.82, 2.24) is 10.6 Å². The lowest BCUT2D eigenvalue weighted by atomic mass is 10.5. The lowest BCUT2D eigenvalue weighted by Gasteiger charge is -2.10. The molecule has 0 bridgehead atoms. The van der Waals surface area contributed by atoms with Gasteiger partial charge in [0.15, 0.2) is 12.5 Å². The van der Waals surface area contributed by atoms with Gasteiger partial charge in [0.25, 0.3) is 0 Å². The van der Waals surface area contributed by atoms with Crippen molar-refractivity contribution in [1.29, 1.82) is 0 Å². The monoisotopic (exact) mass is 230 g/mol. The summed E-state index contributed by atoms with van der Waals surface area (Å²) in [6, 6.07) is 0. The summed E-state index contributed by atoms with van der Waals surface area (Å²) in [6.07, 6.45) is 1.26. The summed E-state index contributed by atoms with van der Waals surface area (Å²) >= 11 is 0. The normalized spacial score (nSPS) is 14.5. The molecule has 92 valence electrons. The molecule has 0 aromatic carbocycles. The highest BCUT2D eigenvalue weighted by molar-refractivity contribution is 5.91. The standard InChI is InChI=1S/C10H18N2O4/c1-7(11-3)15-9(13)5-6-10(14)16-8(2)12-4/h5-8,11-12H,1-4H3/b6-5-. The van der Waals surface area contributed by atoms with Crippen LogP contribution in [0, 0.1) is 0 Å². The molecule has 16 heavy (non-hydrogen) atoms. The third kappa shape index (κ3) is 6.97. The molecule has 0 saturated carbocycles. The number of esters is 2. The van der Waals surface area contributed by atoms with Crippen LogP contribution in [0.5, 0.6) is 0 Å². The van der Waals surface area contributed by atoms with Crippen molar-refractivity contribution >= 4 is 11.9 Å². The zero-order chi connectivity index (χ0) is 12.6. The van der Waals surface area contributed by atoms with Crippen LogP contribution >= 0.6 is 0 Å². The zero-order valence-corrected chi connectivity index (χ0v) is 9.94. The van der Waals surface area contributed by atoms with E-state index in [2.05, 4.69) is 10.6 Å². The average Bonchev–Trinajstić information content (AvgIpc) is 2.26. The third-order valence-electron chi connectivity index (χ3n) is 1.75. The molecule has 0 aliphatic heterocycles. The van der Waals surface area contributed by atoms with E-state index in [9.17, 15) is 9.59 Å². The van der Waals surface area contributed by atoms with Gasteiger partial charge in [-0.3, -0.25) is 10.6 Å². The van der Waals surface area contributed by atoms with Crippen molar-refractivity contribution in [3.8, 4) is 0 Å². The van der Waals surface area contributed by atoms with Crippen LogP contribution in [-0.4, -0.2) is 38.5 Å². The molecule has 2 unspecified atom stereocenters. The minimum Gasteiger partial charge on any atom is -0.444 e. The summed E-state index contributed by atoms with van der Waals surface area (Å²) < 4.78 is 9.64. The van der Waals surface area contributed by atoms with E-state index >= 15 is 0 Å². The Morgan fingerprint density at radius 2 is 1.25 bits per heavy atom. The maximum atomic E-state index is 11.1. The summed E-state index contributed by atoms with van der Waals surface area (Å²) in [7, 11) is 3.31. The summed E-state index contributed by atoms with van der Waals surface area (Å²) in [4.78, 5) is 22.2. The zero-order valence-electron chi connectivity index (χ0n) is 9.94. The largest absolute Gasteiger partial charge is 0.444 e. The van der Waals surface area contributed by atoms with Gasteiger partial charge < -0.3 is 9.47 Å². The lowest BCUT2D eigenvalue weighted by molar-refractivity contribution is -0.146. The van der Waals surface area contributed by atoms with Crippen LogP contribution in [0.4, 0.5) is 0 Å².